The summed E-state index contributed by atoms with van der Waals surface area (Å²) < 4.78 is 24.9. The highest BCUT2D eigenvalue weighted by atomic mass is 19.1. The largest absolute Gasteiger partial charge is 0.488 e. The molecule has 1 saturated heterocycles. The SMILES string of the molecule is CCN1CCOC(COc2cc(C#CCN)ccc2F)C1. The number of hydrogen-bond donors (Lipinski definition) is 1. The van der Waals surface area contributed by atoms with Crippen molar-refractivity contribution in [1.82, 2.24) is 4.90 Å². The molecule has 0 aromatic heterocycles. The Kier molecular flexibility index (Phi) is 6.00. The monoisotopic (exact) mass is 292 g/mol. The lowest BCUT2D eigenvalue weighted by Gasteiger charge is -2.31. The van der Waals surface area contributed by atoms with Crippen LogP contribution in [0.1, 0.15) is 12.5 Å². The van der Waals surface area contributed by atoms with Crippen LogP contribution < -0.4 is 10.5 Å². The minimum absolute atomic E-state index is 0.0307. The standard InChI is InChI=1S/C16H21FN2O2/c1-2-19-8-9-20-14(11-19)12-21-16-10-13(4-3-7-18)5-6-15(16)17/h5-6,10,14H,2,7-9,11-12,18H2,1H3. The van der Waals surface area contributed by atoms with E-state index in [-0.39, 0.29) is 18.4 Å². The molecule has 0 spiro atoms. The second kappa shape index (κ2) is 7.99. The van der Waals surface area contributed by atoms with Crippen molar-refractivity contribution >= 4 is 0 Å². The van der Waals surface area contributed by atoms with Crippen LogP contribution in [0.2, 0.25) is 0 Å². The Balaban J connectivity index is 1.95. The van der Waals surface area contributed by atoms with Crippen molar-refractivity contribution in [3.05, 3.63) is 29.6 Å². The first-order chi connectivity index (χ1) is 10.2. The van der Waals surface area contributed by atoms with Gasteiger partial charge in [0.15, 0.2) is 11.6 Å². The number of likely N-dealkylation sites (N-methyl/N-ethyl adjacent to an activating group) is 1. The zero-order valence-corrected chi connectivity index (χ0v) is 12.3. The van der Waals surface area contributed by atoms with Crippen molar-refractivity contribution in [3.8, 4) is 17.6 Å². The van der Waals surface area contributed by atoms with Crippen LogP contribution in [0.15, 0.2) is 18.2 Å². The quantitative estimate of drug-likeness (QED) is 0.848. The summed E-state index contributed by atoms with van der Waals surface area (Å²) in [5.41, 5.74) is 6.02. The molecule has 0 saturated carbocycles. The summed E-state index contributed by atoms with van der Waals surface area (Å²) in [5, 5.41) is 0. The van der Waals surface area contributed by atoms with Gasteiger partial charge in [0.25, 0.3) is 0 Å². The average molecular weight is 292 g/mol. The first-order valence-corrected chi connectivity index (χ1v) is 7.18. The first-order valence-electron chi connectivity index (χ1n) is 7.18. The van der Waals surface area contributed by atoms with Gasteiger partial charge in [0.05, 0.1) is 13.2 Å². The normalized spacial score (nSPS) is 18.9. The van der Waals surface area contributed by atoms with Gasteiger partial charge in [0.1, 0.15) is 12.7 Å². The summed E-state index contributed by atoms with van der Waals surface area (Å²) >= 11 is 0. The number of benzene rings is 1. The van der Waals surface area contributed by atoms with Crippen LogP contribution in [0.5, 0.6) is 5.75 Å². The number of nitrogens with two attached hydrogens (primary N) is 1. The summed E-state index contributed by atoms with van der Waals surface area (Å²) in [6, 6.07) is 4.56. The van der Waals surface area contributed by atoms with E-state index in [9.17, 15) is 4.39 Å². The van der Waals surface area contributed by atoms with Crippen molar-refractivity contribution in [2.45, 2.75) is 13.0 Å². The van der Waals surface area contributed by atoms with Gasteiger partial charge in [0.2, 0.25) is 0 Å². The molecule has 1 aromatic carbocycles. The van der Waals surface area contributed by atoms with E-state index in [2.05, 4.69) is 23.7 Å². The third kappa shape index (κ3) is 4.71. The number of morpholine rings is 1. The Labute approximate surface area is 125 Å². The Bertz CT molecular complexity index is 525. The molecule has 0 amide bonds. The molecule has 0 radical (unpaired) electrons. The van der Waals surface area contributed by atoms with E-state index in [4.69, 9.17) is 15.2 Å². The smallest absolute Gasteiger partial charge is 0.165 e. The highest BCUT2D eigenvalue weighted by molar-refractivity contribution is 5.40. The predicted octanol–water partition coefficient (Wildman–Crippen LogP) is 1.24. The van der Waals surface area contributed by atoms with Crippen LogP contribution in [-0.2, 0) is 4.74 Å². The zero-order valence-electron chi connectivity index (χ0n) is 12.3. The fourth-order valence-corrected chi connectivity index (χ4v) is 2.20. The van der Waals surface area contributed by atoms with Gasteiger partial charge in [-0.2, -0.15) is 0 Å². The Morgan fingerprint density at radius 3 is 3.14 bits per heavy atom. The van der Waals surface area contributed by atoms with E-state index in [1.54, 1.807) is 12.1 Å². The zero-order chi connectivity index (χ0) is 15.1. The first kappa shape index (κ1) is 15.8. The molecule has 5 heteroatoms. The molecule has 1 aromatic rings. The van der Waals surface area contributed by atoms with Gasteiger partial charge < -0.3 is 15.2 Å². The van der Waals surface area contributed by atoms with Crippen LogP contribution in [0.25, 0.3) is 0 Å². The van der Waals surface area contributed by atoms with Gasteiger partial charge in [-0.25, -0.2) is 4.39 Å². The molecule has 1 unspecified atom stereocenters. The number of halogens is 1. The van der Waals surface area contributed by atoms with Gasteiger partial charge in [-0.05, 0) is 24.7 Å². The lowest BCUT2D eigenvalue weighted by molar-refractivity contribution is -0.0468. The van der Waals surface area contributed by atoms with Gasteiger partial charge in [0, 0.05) is 18.7 Å². The van der Waals surface area contributed by atoms with Crippen LogP contribution in [0.4, 0.5) is 4.39 Å². The summed E-state index contributed by atoms with van der Waals surface area (Å²) in [5.74, 6) is 5.42. The summed E-state index contributed by atoms with van der Waals surface area (Å²) in [6.45, 7) is 6.14. The lowest BCUT2D eigenvalue weighted by atomic mass is 10.2. The molecule has 1 atom stereocenters. The van der Waals surface area contributed by atoms with Crippen LogP contribution in [0, 0.1) is 17.7 Å². The minimum atomic E-state index is -0.392. The summed E-state index contributed by atoms with van der Waals surface area (Å²) in [4.78, 5) is 2.29. The Morgan fingerprint density at radius 2 is 2.38 bits per heavy atom. The topological polar surface area (TPSA) is 47.7 Å². The third-order valence-corrected chi connectivity index (χ3v) is 3.36. The minimum Gasteiger partial charge on any atom is -0.488 e. The molecular formula is C16H21FN2O2. The highest BCUT2D eigenvalue weighted by Crippen LogP contribution is 2.19. The van der Waals surface area contributed by atoms with Crippen molar-refractivity contribution in [1.29, 1.82) is 0 Å². The maximum absolute atomic E-state index is 13.7. The van der Waals surface area contributed by atoms with Gasteiger partial charge in [-0.3, -0.25) is 4.90 Å². The fraction of sp³-hybridized carbons (Fsp3) is 0.500. The number of ether oxygens (including phenoxy) is 2. The number of nitrogens with zero attached hydrogens (tertiary/aromatic N) is 1. The van der Waals surface area contributed by atoms with E-state index in [1.807, 2.05) is 0 Å². The summed E-state index contributed by atoms with van der Waals surface area (Å²) in [6.07, 6.45) is -0.0307. The second-order valence-corrected chi connectivity index (χ2v) is 4.85. The maximum atomic E-state index is 13.7. The third-order valence-electron chi connectivity index (χ3n) is 3.36. The van der Waals surface area contributed by atoms with Crippen molar-refractivity contribution in [2.75, 3.05) is 39.4 Å². The lowest BCUT2D eigenvalue weighted by Crippen LogP contribution is -2.44. The molecule has 114 valence electrons. The summed E-state index contributed by atoms with van der Waals surface area (Å²) in [7, 11) is 0. The molecule has 1 fully saturated rings. The molecule has 21 heavy (non-hydrogen) atoms. The van der Waals surface area contributed by atoms with E-state index >= 15 is 0 Å². The highest BCUT2D eigenvalue weighted by Gasteiger charge is 2.20. The van der Waals surface area contributed by atoms with Gasteiger partial charge >= 0.3 is 0 Å². The molecule has 2 rings (SSSR count). The Morgan fingerprint density at radius 1 is 1.52 bits per heavy atom. The molecule has 1 heterocycles. The van der Waals surface area contributed by atoms with Crippen molar-refractivity contribution in [2.24, 2.45) is 5.73 Å². The molecule has 4 nitrogen and oxygen atoms in total. The second-order valence-electron chi connectivity index (χ2n) is 4.85. The molecule has 0 bridgehead atoms. The Hall–Kier alpha value is -1.61. The molecule has 1 aliphatic rings. The van der Waals surface area contributed by atoms with Crippen LogP contribution in [0.3, 0.4) is 0 Å². The van der Waals surface area contributed by atoms with Gasteiger partial charge in [-0.1, -0.05) is 18.8 Å². The van der Waals surface area contributed by atoms with Crippen molar-refractivity contribution in [3.63, 3.8) is 0 Å². The molecule has 1 aliphatic heterocycles. The average Bonchev–Trinajstić information content (AvgIpc) is 2.53. The van der Waals surface area contributed by atoms with E-state index in [1.165, 1.54) is 6.07 Å². The van der Waals surface area contributed by atoms with E-state index in [0.29, 0.717) is 18.8 Å². The molecule has 0 aliphatic carbocycles. The number of rotatable bonds is 4. The van der Waals surface area contributed by atoms with Crippen molar-refractivity contribution < 1.29 is 13.9 Å². The van der Waals surface area contributed by atoms with Gasteiger partial charge in [-0.15, -0.1) is 0 Å². The van der Waals surface area contributed by atoms with E-state index in [0.717, 1.165) is 19.6 Å². The maximum Gasteiger partial charge on any atom is 0.165 e. The van der Waals surface area contributed by atoms with Crippen LogP contribution in [-0.4, -0.2) is 50.4 Å². The molecular weight excluding hydrogens is 271 g/mol. The molecule has 2 N–H and O–H groups in total. The van der Waals surface area contributed by atoms with E-state index < -0.39 is 5.82 Å². The fourth-order valence-electron chi connectivity index (χ4n) is 2.20. The number of hydrogen-bond acceptors (Lipinski definition) is 4. The predicted molar refractivity (Wildman–Crippen MR) is 79.7 cm³/mol. The van der Waals surface area contributed by atoms with Crippen LogP contribution >= 0.6 is 0 Å².